The molecule has 4 nitrogen and oxygen atoms in total. The molecule has 5 aliphatic carbocycles. The highest BCUT2D eigenvalue weighted by Crippen LogP contribution is 2.60. The van der Waals surface area contributed by atoms with Gasteiger partial charge in [-0.2, -0.15) is 0 Å². The molecular weight excluding hydrogens is 314 g/mol. The van der Waals surface area contributed by atoms with E-state index in [0.29, 0.717) is 18.5 Å². The van der Waals surface area contributed by atoms with E-state index in [4.69, 9.17) is 4.74 Å². The SMILES string of the molecule is COC(=O)C(C)CN(C(=O)C12CC3CC(CC(C3)C1)C2)C1CCCC1. The van der Waals surface area contributed by atoms with Gasteiger partial charge in [-0.25, -0.2) is 0 Å². The van der Waals surface area contributed by atoms with Crippen LogP contribution < -0.4 is 0 Å². The van der Waals surface area contributed by atoms with Crippen LogP contribution in [0.25, 0.3) is 0 Å². The van der Waals surface area contributed by atoms with Gasteiger partial charge < -0.3 is 9.64 Å². The normalized spacial score (nSPS) is 37.9. The van der Waals surface area contributed by atoms with Crippen LogP contribution in [0.4, 0.5) is 0 Å². The van der Waals surface area contributed by atoms with Gasteiger partial charge in [0.1, 0.15) is 0 Å². The molecule has 0 aliphatic heterocycles. The first-order valence-corrected chi connectivity index (χ1v) is 10.4. The predicted octanol–water partition coefficient (Wildman–Crippen LogP) is 3.78. The Bertz CT molecular complexity index is 502. The summed E-state index contributed by atoms with van der Waals surface area (Å²) in [6.45, 7) is 2.44. The number of esters is 1. The molecule has 5 fully saturated rings. The van der Waals surface area contributed by atoms with E-state index < -0.39 is 0 Å². The molecule has 0 spiro atoms. The Morgan fingerprint density at radius 3 is 2.04 bits per heavy atom. The molecule has 4 bridgehead atoms. The Balaban J connectivity index is 1.56. The van der Waals surface area contributed by atoms with E-state index in [1.54, 1.807) is 0 Å². The zero-order valence-electron chi connectivity index (χ0n) is 15.8. The fourth-order valence-electron chi connectivity index (χ4n) is 6.86. The van der Waals surface area contributed by atoms with Gasteiger partial charge in [-0.3, -0.25) is 9.59 Å². The second-order valence-corrected chi connectivity index (χ2v) is 9.52. The molecule has 140 valence electrons. The molecule has 0 aromatic carbocycles. The molecule has 5 saturated carbocycles. The van der Waals surface area contributed by atoms with Crippen LogP contribution in [0, 0.1) is 29.1 Å². The van der Waals surface area contributed by atoms with Crippen LogP contribution in [-0.4, -0.2) is 36.5 Å². The zero-order chi connectivity index (χ0) is 17.6. The summed E-state index contributed by atoms with van der Waals surface area (Å²) in [5, 5.41) is 0. The number of carbonyl (C=O) groups is 2. The summed E-state index contributed by atoms with van der Waals surface area (Å²) in [5.41, 5.74) is -0.104. The van der Waals surface area contributed by atoms with E-state index in [1.165, 1.54) is 39.2 Å². The summed E-state index contributed by atoms with van der Waals surface area (Å²) in [7, 11) is 1.44. The Morgan fingerprint density at radius 2 is 1.56 bits per heavy atom. The highest BCUT2D eigenvalue weighted by molar-refractivity contribution is 5.84. The van der Waals surface area contributed by atoms with Crippen molar-refractivity contribution in [1.29, 1.82) is 0 Å². The second kappa shape index (κ2) is 6.59. The summed E-state index contributed by atoms with van der Waals surface area (Å²) in [5.74, 6) is 2.29. The minimum Gasteiger partial charge on any atom is -0.469 e. The van der Waals surface area contributed by atoms with Crippen LogP contribution in [0.2, 0.25) is 0 Å². The van der Waals surface area contributed by atoms with E-state index in [2.05, 4.69) is 4.90 Å². The number of ether oxygens (including phenoxy) is 1. The van der Waals surface area contributed by atoms with Crippen molar-refractivity contribution in [3.63, 3.8) is 0 Å². The van der Waals surface area contributed by atoms with Crippen LogP contribution in [0.1, 0.15) is 71.1 Å². The smallest absolute Gasteiger partial charge is 0.310 e. The molecule has 0 radical (unpaired) electrons. The topological polar surface area (TPSA) is 46.6 Å². The van der Waals surface area contributed by atoms with Crippen molar-refractivity contribution in [3.8, 4) is 0 Å². The lowest BCUT2D eigenvalue weighted by Crippen LogP contribution is -2.57. The molecule has 0 heterocycles. The number of hydrogen-bond donors (Lipinski definition) is 0. The van der Waals surface area contributed by atoms with E-state index in [1.807, 2.05) is 6.92 Å². The third-order valence-corrected chi connectivity index (χ3v) is 7.59. The van der Waals surface area contributed by atoms with E-state index in [9.17, 15) is 9.59 Å². The van der Waals surface area contributed by atoms with Gasteiger partial charge in [-0.05, 0) is 69.1 Å². The molecule has 0 aromatic heterocycles. The lowest BCUT2D eigenvalue weighted by atomic mass is 9.49. The zero-order valence-corrected chi connectivity index (χ0v) is 15.8. The largest absolute Gasteiger partial charge is 0.469 e. The first-order chi connectivity index (χ1) is 12.0. The van der Waals surface area contributed by atoms with Crippen molar-refractivity contribution in [2.45, 2.75) is 77.2 Å². The van der Waals surface area contributed by atoms with Gasteiger partial charge in [-0.1, -0.05) is 19.8 Å². The lowest BCUT2D eigenvalue weighted by molar-refractivity contribution is -0.162. The maximum absolute atomic E-state index is 13.8. The molecule has 1 unspecified atom stereocenters. The number of carbonyl (C=O) groups excluding carboxylic acids is 2. The Labute approximate surface area is 151 Å². The van der Waals surface area contributed by atoms with Crippen molar-refractivity contribution in [2.75, 3.05) is 13.7 Å². The fraction of sp³-hybridized carbons (Fsp3) is 0.905. The maximum Gasteiger partial charge on any atom is 0.310 e. The lowest BCUT2D eigenvalue weighted by Gasteiger charge is -2.57. The van der Waals surface area contributed by atoms with Gasteiger partial charge in [0.2, 0.25) is 5.91 Å². The van der Waals surface area contributed by atoms with Crippen molar-refractivity contribution >= 4 is 11.9 Å². The van der Waals surface area contributed by atoms with Crippen LogP contribution in [-0.2, 0) is 14.3 Å². The van der Waals surface area contributed by atoms with Crippen LogP contribution >= 0.6 is 0 Å². The monoisotopic (exact) mass is 347 g/mol. The summed E-state index contributed by atoms with van der Waals surface area (Å²) < 4.78 is 4.93. The highest BCUT2D eigenvalue weighted by Gasteiger charge is 2.56. The standard InChI is InChI=1S/C21H33NO3/c1-14(19(23)25-2)13-22(18-5-3-4-6-18)20(24)21-10-15-7-16(11-21)9-17(8-15)12-21/h14-18H,3-13H2,1-2H3. The average Bonchev–Trinajstić information content (AvgIpc) is 3.11. The predicted molar refractivity (Wildman–Crippen MR) is 95.8 cm³/mol. The Hall–Kier alpha value is -1.06. The van der Waals surface area contributed by atoms with Crippen molar-refractivity contribution in [3.05, 3.63) is 0 Å². The summed E-state index contributed by atoms with van der Waals surface area (Å²) in [6.07, 6.45) is 12.0. The quantitative estimate of drug-likeness (QED) is 0.711. The van der Waals surface area contributed by atoms with Crippen LogP contribution in [0.5, 0.6) is 0 Å². The van der Waals surface area contributed by atoms with Crippen LogP contribution in [0.3, 0.4) is 0 Å². The average molecular weight is 347 g/mol. The molecule has 4 heteroatoms. The van der Waals surface area contributed by atoms with Gasteiger partial charge >= 0.3 is 5.97 Å². The number of methoxy groups -OCH3 is 1. The minimum absolute atomic E-state index is 0.104. The van der Waals surface area contributed by atoms with E-state index >= 15 is 0 Å². The van der Waals surface area contributed by atoms with Gasteiger partial charge in [-0.15, -0.1) is 0 Å². The van der Waals surface area contributed by atoms with Crippen molar-refractivity contribution in [1.82, 2.24) is 4.90 Å². The van der Waals surface area contributed by atoms with Gasteiger partial charge in [0.05, 0.1) is 18.4 Å². The fourth-order valence-corrected chi connectivity index (χ4v) is 6.86. The summed E-state index contributed by atoms with van der Waals surface area (Å²) in [4.78, 5) is 27.9. The second-order valence-electron chi connectivity index (χ2n) is 9.52. The van der Waals surface area contributed by atoms with Gasteiger partial charge in [0.15, 0.2) is 0 Å². The van der Waals surface area contributed by atoms with Crippen molar-refractivity contribution < 1.29 is 14.3 Å². The minimum atomic E-state index is -0.233. The molecule has 0 aromatic rings. The molecular formula is C21H33NO3. The van der Waals surface area contributed by atoms with Crippen molar-refractivity contribution in [2.24, 2.45) is 29.1 Å². The third-order valence-electron chi connectivity index (χ3n) is 7.59. The summed E-state index contributed by atoms with van der Waals surface area (Å²) >= 11 is 0. The molecule has 0 saturated heterocycles. The number of hydrogen-bond acceptors (Lipinski definition) is 3. The highest BCUT2D eigenvalue weighted by atomic mass is 16.5. The summed E-state index contributed by atoms with van der Waals surface area (Å²) in [6, 6.07) is 0.340. The van der Waals surface area contributed by atoms with E-state index in [0.717, 1.165) is 49.9 Å². The molecule has 1 atom stereocenters. The molecule has 5 aliphatic rings. The molecule has 1 amide bonds. The molecule has 25 heavy (non-hydrogen) atoms. The molecule has 5 rings (SSSR count). The third kappa shape index (κ3) is 3.10. The van der Waals surface area contributed by atoms with Gasteiger partial charge in [0, 0.05) is 12.6 Å². The Kier molecular flexibility index (Phi) is 4.57. The van der Waals surface area contributed by atoms with Crippen LogP contribution in [0.15, 0.2) is 0 Å². The van der Waals surface area contributed by atoms with E-state index in [-0.39, 0.29) is 17.3 Å². The van der Waals surface area contributed by atoms with Gasteiger partial charge in [0.25, 0.3) is 0 Å². The first kappa shape index (κ1) is 17.4. The maximum atomic E-state index is 13.8. The number of rotatable bonds is 5. The number of nitrogens with zero attached hydrogens (tertiary/aromatic N) is 1. The first-order valence-electron chi connectivity index (χ1n) is 10.4. The molecule has 0 N–H and O–H groups in total. The Morgan fingerprint density at radius 1 is 1.04 bits per heavy atom. The number of amides is 1.